The Morgan fingerprint density at radius 3 is 0.892 bits per heavy atom. The SMILES string of the molecule is c1ccc(-c2nc(-c3ccccc3)nc(-c3cccc(-n4c5ccccc5c5c6c7ccccc7sc6c6c7ncncc7sc6c54)c3)n2)cc1.c1ccc(-c2nc(-c3ccccc3)nc(-n3c4ccccc4c4c5c6ccccc6sc5c5c6ncncc6sc5c43)n2)cc1.c1ccc2c(c1)-c1ccccc1C21c2ccccc2-c2ccc(-n3c4ccccc4c4c5c6ccccc6sc5c5c6ncncc6sc5c43)cc21. The number of thiophene rings is 6. The lowest BCUT2D eigenvalue weighted by Crippen LogP contribution is -2.26. The van der Waals surface area contributed by atoms with Crippen LogP contribution in [0.25, 0.3) is 283 Å². The third-order valence-corrected chi connectivity index (χ3v) is 36.7. The fourth-order valence-corrected chi connectivity index (χ4v) is 31.3. The maximum absolute atomic E-state index is 5.18. The van der Waals surface area contributed by atoms with Crippen LogP contribution in [-0.4, -0.2) is 73.5 Å². The van der Waals surface area contributed by atoms with Crippen molar-refractivity contribution in [1.82, 2.24) is 73.5 Å². The molecule has 0 fully saturated rings. The first-order valence-electron chi connectivity index (χ1n) is 48.9. The van der Waals surface area contributed by atoms with E-state index >= 15 is 0 Å². The molecule has 34 rings (SSSR count). The van der Waals surface area contributed by atoms with Crippen LogP contribution < -0.4 is 0 Å². The second kappa shape index (κ2) is 32.5. The minimum atomic E-state index is -0.409. The van der Waals surface area contributed by atoms with Crippen molar-refractivity contribution in [1.29, 1.82) is 0 Å². The lowest BCUT2D eigenvalue weighted by atomic mass is 9.70. The van der Waals surface area contributed by atoms with Crippen molar-refractivity contribution < 1.29 is 0 Å². The van der Waals surface area contributed by atoms with Crippen LogP contribution in [0.5, 0.6) is 0 Å². The van der Waals surface area contributed by atoms with E-state index in [0.717, 1.165) is 96.2 Å². The molecule has 2 aliphatic carbocycles. The maximum Gasteiger partial charge on any atom is 0.238 e. The molecule has 0 amide bonds. The maximum atomic E-state index is 5.18. The van der Waals surface area contributed by atoms with Crippen molar-refractivity contribution in [2.24, 2.45) is 0 Å². The molecule has 0 radical (unpaired) electrons. The topological polar surface area (TPSA) is 169 Å². The number of para-hydroxylation sites is 3. The van der Waals surface area contributed by atoms with Crippen LogP contribution >= 0.6 is 68.0 Å². The van der Waals surface area contributed by atoms with Gasteiger partial charge in [0.05, 0.1) is 83.3 Å². The van der Waals surface area contributed by atoms with E-state index in [-0.39, 0.29) is 0 Å². The molecule has 0 saturated carbocycles. The molecule has 2 aliphatic rings. The zero-order valence-corrected chi connectivity index (χ0v) is 82.9. The summed E-state index contributed by atoms with van der Waals surface area (Å²) in [6.07, 6.45) is 10.9. The Morgan fingerprint density at radius 2 is 0.500 bits per heavy atom. The smallest absolute Gasteiger partial charge is 0.238 e. The summed E-state index contributed by atoms with van der Waals surface area (Å²) in [4.78, 5) is 58.2. The first kappa shape index (κ1) is 83.4. The Kier molecular flexibility index (Phi) is 18.3. The Bertz CT molecular complexity index is 11100. The fraction of sp³-hybridized carbons (Fsp3) is 0.00787. The van der Waals surface area contributed by atoms with Crippen LogP contribution in [0.3, 0.4) is 0 Å². The molecule has 0 aliphatic heterocycles. The van der Waals surface area contributed by atoms with Gasteiger partial charge in [0.1, 0.15) is 19.0 Å². The molecule has 21 heteroatoms. The lowest BCUT2D eigenvalue weighted by Gasteiger charge is -2.30. The Labute approximate surface area is 865 Å². The summed E-state index contributed by atoms with van der Waals surface area (Å²) in [7, 11) is 0. The largest absolute Gasteiger partial charge is 0.308 e. The molecule has 688 valence electrons. The van der Waals surface area contributed by atoms with E-state index in [4.69, 9.17) is 44.9 Å². The van der Waals surface area contributed by atoms with E-state index in [1.165, 1.54) is 174 Å². The van der Waals surface area contributed by atoms with E-state index in [9.17, 15) is 0 Å². The number of hydrogen-bond donors (Lipinski definition) is 0. The molecule has 0 N–H and O–H groups in total. The van der Waals surface area contributed by atoms with Gasteiger partial charge < -0.3 is 9.13 Å². The second-order valence-corrected chi connectivity index (χ2v) is 43.8. The first-order chi connectivity index (χ1) is 73.4. The highest BCUT2D eigenvalue weighted by Gasteiger charge is 2.52. The highest BCUT2D eigenvalue weighted by atomic mass is 32.1. The van der Waals surface area contributed by atoms with E-state index < -0.39 is 5.41 Å². The van der Waals surface area contributed by atoms with E-state index in [1.807, 2.05) is 185 Å². The predicted octanol–water partition coefficient (Wildman–Crippen LogP) is 34.0. The average Bonchev–Trinajstić information content (AvgIpc) is 1.50. The predicted molar refractivity (Wildman–Crippen MR) is 617 cm³/mol. The fourth-order valence-electron chi connectivity index (χ4n) is 23.8. The number of fused-ring (bicyclic) bond motifs is 46. The van der Waals surface area contributed by atoms with Crippen LogP contribution in [0.4, 0.5) is 0 Å². The van der Waals surface area contributed by atoms with Gasteiger partial charge in [-0.2, -0.15) is 9.97 Å². The summed E-state index contributed by atoms with van der Waals surface area (Å²) in [5, 5.41) is 18.7. The molecular formula is C127H69N15S6. The average molecular weight is 2000 g/mol. The second-order valence-electron chi connectivity index (χ2n) is 37.5. The molecule has 18 aromatic carbocycles. The molecule has 32 aromatic rings. The van der Waals surface area contributed by atoms with Gasteiger partial charge in [0.2, 0.25) is 5.95 Å². The zero-order chi connectivity index (χ0) is 96.7. The first-order valence-corrected chi connectivity index (χ1v) is 53.8. The summed E-state index contributed by atoms with van der Waals surface area (Å²) in [5.41, 5.74) is 27.1. The van der Waals surface area contributed by atoms with Crippen molar-refractivity contribution >= 4 is 255 Å². The number of benzene rings is 18. The van der Waals surface area contributed by atoms with Gasteiger partial charge in [0.25, 0.3) is 0 Å². The molecule has 14 aromatic heterocycles. The zero-order valence-electron chi connectivity index (χ0n) is 78.0. The van der Waals surface area contributed by atoms with E-state index in [0.29, 0.717) is 35.1 Å². The summed E-state index contributed by atoms with van der Waals surface area (Å²) in [6.45, 7) is 0. The molecule has 1 spiro atoms. The van der Waals surface area contributed by atoms with Crippen LogP contribution in [0.1, 0.15) is 22.3 Å². The van der Waals surface area contributed by atoms with Gasteiger partial charge in [0.15, 0.2) is 29.1 Å². The Balaban J connectivity index is 0.0000000987. The standard InChI is InChI=1S/C47H25N3S2.C43H24N6S2.C37H20N6S2/c1-6-16-33-27(11-1)28-12-2-7-17-34(28)47(33)35-18-8-3-13-29(35)30-22-21-26(23-36(30)47)50-37-19-9-4-14-31(37)40-41-32-15-5-10-20-38(32)51-45(41)42-43-39(24-48-25-49-43)52-46(42)44(40)50;1-3-12-25(13-4-1)41-46-42(26-14-5-2-6-15-26)48-43(47-41)27-16-11-17-28(22-27)49-31-20-9-7-18-29(31)34-35-30-19-8-10-21-32(30)50-39(35)36-37-33(23-44-24-45-37)51-40(36)38(34)49;1-3-11-21(12-4-1)35-40-36(22-13-5-2-6-14-22)42-37(41-35)43-25-17-9-7-15-23(25)28-29-24-16-8-10-18-26(24)44-33(29)30-31-27(19-38-20-39-31)45-34(30)32(28)43/h1-25H;1-24H;1-20H. The molecule has 0 saturated heterocycles. The number of aromatic nitrogens is 15. The molecule has 15 nitrogen and oxygen atoms in total. The van der Waals surface area contributed by atoms with Gasteiger partial charge in [0, 0.05) is 167 Å². The van der Waals surface area contributed by atoms with Gasteiger partial charge in [-0.05, 0) is 105 Å². The van der Waals surface area contributed by atoms with Crippen LogP contribution in [0, 0.1) is 0 Å². The van der Waals surface area contributed by atoms with Gasteiger partial charge in [-0.25, -0.2) is 49.8 Å². The van der Waals surface area contributed by atoms with Crippen LogP contribution in [-0.2, 0) is 5.41 Å². The van der Waals surface area contributed by atoms with Gasteiger partial charge in [-0.3, -0.25) is 4.57 Å². The van der Waals surface area contributed by atoms with Crippen LogP contribution in [0.15, 0.2) is 420 Å². The summed E-state index contributed by atoms with van der Waals surface area (Å²) >= 11 is 10.9. The van der Waals surface area contributed by atoms with E-state index in [2.05, 4.69) is 290 Å². The van der Waals surface area contributed by atoms with Crippen molar-refractivity contribution in [3.8, 4) is 96.5 Å². The molecule has 0 atom stereocenters. The highest BCUT2D eigenvalue weighted by Crippen LogP contribution is 2.65. The summed E-state index contributed by atoms with van der Waals surface area (Å²) < 4.78 is 21.7. The molecular weight excluding hydrogens is 1930 g/mol. The third-order valence-electron chi connectivity index (χ3n) is 29.7. The van der Waals surface area contributed by atoms with Crippen molar-refractivity contribution in [2.45, 2.75) is 5.41 Å². The van der Waals surface area contributed by atoms with Gasteiger partial charge in [-0.15, -0.1) is 68.0 Å². The minimum Gasteiger partial charge on any atom is -0.308 e. The minimum absolute atomic E-state index is 0.409. The summed E-state index contributed by atoms with van der Waals surface area (Å²) in [6, 6.07) is 136. The molecule has 0 bridgehead atoms. The Morgan fingerprint density at radius 1 is 0.203 bits per heavy atom. The van der Waals surface area contributed by atoms with Crippen LogP contribution in [0.2, 0.25) is 0 Å². The van der Waals surface area contributed by atoms with Crippen molar-refractivity contribution in [3.05, 3.63) is 442 Å². The van der Waals surface area contributed by atoms with Gasteiger partial charge >= 0.3 is 0 Å². The quantitative estimate of drug-likeness (QED) is 0.141. The Hall–Kier alpha value is -18.1. The molecule has 0 unspecified atom stereocenters. The third kappa shape index (κ3) is 12.1. The normalized spacial score (nSPS) is 12.6. The molecule has 148 heavy (non-hydrogen) atoms. The lowest BCUT2D eigenvalue weighted by molar-refractivity contribution is 0.792. The van der Waals surface area contributed by atoms with Crippen molar-refractivity contribution in [3.63, 3.8) is 0 Å². The van der Waals surface area contributed by atoms with Crippen molar-refractivity contribution in [2.75, 3.05) is 0 Å². The number of nitrogens with zero attached hydrogens (tertiary/aromatic N) is 15. The highest BCUT2D eigenvalue weighted by molar-refractivity contribution is 7.32. The molecule has 14 heterocycles. The summed E-state index contributed by atoms with van der Waals surface area (Å²) in [5.74, 6) is 3.75. The number of hydrogen-bond acceptors (Lipinski definition) is 18. The van der Waals surface area contributed by atoms with Gasteiger partial charge in [-0.1, -0.05) is 322 Å². The monoisotopic (exact) mass is 2000 g/mol. The number of rotatable bonds is 8. The van der Waals surface area contributed by atoms with E-state index in [1.54, 1.807) is 41.7 Å².